The van der Waals surface area contributed by atoms with Crippen molar-refractivity contribution in [1.29, 1.82) is 0 Å². The number of rotatable bonds is 6. The third kappa shape index (κ3) is 4.69. The molecule has 1 aliphatic rings. The van der Waals surface area contributed by atoms with E-state index in [1.165, 1.54) is 4.90 Å². The van der Waals surface area contributed by atoms with Crippen LogP contribution in [0.15, 0.2) is 0 Å². The number of nitrogens with zero attached hydrogens (tertiary/aromatic N) is 2. The summed E-state index contributed by atoms with van der Waals surface area (Å²) in [5.74, 6) is -1.95. The number of hydrogen-bond acceptors (Lipinski definition) is 4. The lowest BCUT2D eigenvalue weighted by Gasteiger charge is -2.38. The zero-order valence-corrected chi connectivity index (χ0v) is 11.3. The Labute approximate surface area is 117 Å². The summed E-state index contributed by atoms with van der Waals surface area (Å²) < 4.78 is 0. The first-order valence-corrected chi connectivity index (χ1v) is 6.62. The van der Waals surface area contributed by atoms with E-state index in [-0.39, 0.29) is 12.6 Å². The molecule has 4 N–H and O–H groups in total. The number of carbonyl (C=O) groups is 3. The van der Waals surface area contributed by atoms with E-state index < -0.39 is 31.0 Å². The number of urea groups is 1. The van der Waals surface area contributed by atoms with Gasteiger partial charge >= 0.3 is 12.0 Å². The van der Waals surface area contributed by atoms with Crippen molar-refractivity contribution in [1.82, 2.24) is 9.80 Å². The van der Waals surface area contributed by atoms with Crippen LogP contribution in [0.3, 0.4) is 0 Å². The van der Waals surface area contributed by atoms with Gasteiger partial charge in [-0.15, -0.1) is 0 Å². The predicted molar refractivity (Wildman–Crippen MR) is 69.8 cm³/mol. The fourth-order valence-corrected chi connectivity index (χ4v) is 2.43. The van der Waals surface area contributed by atoms with Crippen LogP contribution in [0.2, 0.25) is 0 Å². The zero-order chi connectivity index (χ0) is 15.1. The van der Waals surface area contributed by atoms with Crippen molar-refractivity contribution in [3.8, 4) is 0 Å². The SMILES string of the molecule is NC(=O)CN(CC(=O)O)C(=O)N1CCCCC1CCO. The van der Waals surface area contributed by atoms with Gasteiger partial charge in [0.15, 0.2) is 0 Å². The van der Waals surface area contributed by atoms with E-state index >= 15 is 0 Å². The van der Waals surface area contributed by atoms with E-state index in [4.69, 9.17) is 15.9 Å². The third-order valence-corrected chi connectivity index (χ3v) is 3.28. The maximum Gasteiger partial charge on any atom is 0.323 e. The van der Waals surface area contributed by atoms with Gasteiger partial charge in [0.05, 0.1) is 0 Å². The van der Waals surface area contributed by atoms with Crippen LogP contribution in [0.1, 0.15) is 25.7 Å². The summed E-state index contributed by atoms with van der Waals surface area (Å²) in [5, 5.41) is 17.8. The van der Waals surface area contributed by atoms with E-state index in [9.17, 15) is 14.4 Å². The van der Waals surface area contributed by atoms with Gasteiger partial charge in [-0.05, 0) is 25.7 Å². The van der Waals surface area contributed by atoms with Crippen molar-refractivity contribution in [2.45, 2.75) is 31.7 Å². The van der Waals surface area contributed by atoms with Gasteiger partial charge in [-0.3, -0.25) is 9.59 Å². The molecular weight excluding hydrogens is 266 g/mol. The largest absolute Gasteiger partial charge is 0.480 e. The second-order valence-corrected chi connectivity index (χ2v) is 4.85. The second kappa shape index (κ2) is 7.68. The smallest absolute Gasteiger partial charge is 0.323 e. The van der Waals surface area contributed by atoms with Gasteiger partial charge < -0.3 is 25.7 Å². The van der Waals surface area contributed by atoms with Crippen molar-refractivity contribution >= 4 is 17.9 Å². The first kappa shape index (κ1) is 16.2. The Morgan fingerprint density at radius 2 is 1.95 bits per heavy atom. The van der Waals surface area contributed by atoms with Gasteiger partial charge in [0.2, 0.25) is 5.91 Å². The quantitative estimate of drug-likeness (QED) is 0.591. The first-order valence-electron chi connectivity index (χ1n) is 6.62. The molecule has 1 fully saturated rings. The number of carboxylic acids is 1. The van der Waals surface area contributed by atoms with Crippen LogP contribution in [0.4, 0.5) is 4.79 Å². The average Bonchev–Trinajstić information content (AvgIpc) is 2.37. The molecule has 8 nitrogen and oxygen atoms in total. The third-order valence-electron chi connectivity index (χ3n) is 3.28. The van der Waals surface area contributed by atoms with Crippen molar-refractivity contribution in [3.05, 3.63) is 0 Å². The molecule has 0 aromatic rings. The Morgan fingerprint density at radius 3 is 2.50 bits per heavy atom. The highest BCUT2D eigenvalue weighted by atomic mass is 16.4. The molecule has 3 amide bonds. The average molecular weight is 287 g/mol. The molecule has 0 spiro atoms. The molecule has 1 saturated heterocycles. The summed E-state index contributed by atoms with van der Waals surface area (Å²) in [4.78, 5) is 36.6. The summed E-state index contributed by atoms with van der Waals surface area (Å²) in [5.41, 5.74) is 5.05. The molecule has 8 heteroatoms. The van der Waals surface area contributed by atoms with Crippen LogP contribution < -0.4 is 5.73 Å². The Kier molecular flexibility index (Phi) is 6.23. The molecule has 1 rings (SSSR count). The van der Waals surface area contributed by atoms with Crippen molar-refractivity contribution < 1.29 is 24.6 Å². The van der Waals surface area contributed by atoms with Crippen molar-refractivity contribution in [2.24, 2.45) is 5.73 Å². The number of primary amides is 1. The lowest BCUT2D eigenvalue weighted by Crippen LogP contribution is -2.53. The van der Waals surface area contributed by atoms with E-state index in [0.29, 0.717) is 13.0 Å². The summed E-state index contributed by atoms with van der Waals surface area (Å²) >= 11 is 0. The number of aliphatic hydroxyl groups excluding tert-OH is 1. The molecule has 0 bridgehead atoms. The van der Waals surface area contributed by atoms with Crippen LogP contribution in [0, 0.1) is 0 Å². The molecule has 20 heavy (non-hydrogen) atoms. The number of hydrogen-bond donors (Lipinski definition) is 3. The number of nitrogens with two attached hydrogens (primary N) is 1. The monoisotopic (exact) mass is 287 g/mol. The van der Waals surface area contributed by atoms with Gasteiger partial charge in [0.25, 0.3) is 0 Å². The highest BCUT2D eigenvalue weighted by molar-refractivity contribution is 5.86. The van der Waals surface area contributed by atoms with Crippen LogP contribution >= 0.6 is 0 Å². The minimum absolute atomic E-state index is 0.0385. The summed E-state index contributed by atoms with van der Waals surface area (Å²) in [6.45, 7) is -0.529. The van der Waals surface area contributed by atoms with Gasteiger partial charge in [-0.25, -0.2) is 4.79 Å². The fourth-order valence-electron chi connectivity index (χ4n) is 2.43. The number of carboxylic acid groups (broad SMARTS) is 1. The molecule has 114 valence electrons. The standard InChI is InChI=1S/C12H21N3O5/c13-10(17)7-14(8-11(18)19)12(20)15-5-2-1-3-9(15)4-6-16/h9,16H,1-8H2,(H2,13,17)(H,18,19). The van der Waals surface area contributed by atoms with Gasteiger partial charge in [-0.2, -0.15) is 0 Å². The zero-order valence-electron chi connectivity index (χ0n) is 11.3. The number of piperidine rings is 1. The van der Waals surface area contributed by atoms with E-state index in [1.807, 2.05) is 0 Å². The van der Waals surface area contributed by atoms with Crippen LogP contribution in [0.5, 0.6) is 0 Å². The molecule has 1 unspecified atom stereocenters. The number of aliphatic hydroxyl groups is 1. The van der Waals surface area contributed by atoms with Crippen LogP contribution in [-0.4, -0.2) is 70.2 Å². The highest BCUT2D eigenvalue weighted by Gasteiger charge is 2.31. The summed E-state index contributed by atoms with van der Waals surface area (Å²) in [6, 6.07) is -0.630. The Bertz CT molecular complexity index is 356. The molecule has 0 saturated carbocycles. The highest BCUT2D eigenvalue weighted by Crippen LogP contribution is 2.21. The Hall–Kier alpha value is -1.83. The van der Waals surface area contributed by atoms with Gasteiger partial charge in [0, 0.05) is 19.2 Å². The fraction of sp³-hybridized carbons (Fsp3) is 0.750. The minimum atomic E-state index is -1.20. The molecule has 1 aliphatic heterocycles. The number of aliphatic carboxylic acids is 1. The van der Waals surface area contributed by atoms with Gasteiger partial charge in [-0.1, -0.05) is 0 Å². The predicted octanol–water partition coefficient (Wildman–Crippen LogP) is -0.785. The number of amides is 3. The topological polar surface area (TPSA) is 124 Å². The number of carbonyl (C=O) groups excluding carboxylic acids is 2. The lowest BCUT2D eigenvalue weighted by atomic mass is 10.00. The summed E-state index contributed by atoms with van der Waals surface area (Å²) in [6.07, 6.45) is 3.00. The second-order valence-electron chi connectivity index (χ2n) is 4.85. The molecule has 0 aliphatic carbocycles. The Balaban J connectivity index is 2.79. The maximum atomic E-state index is 12.4. The van der Waals surface area contributed by atoms with E-state index in [0.717, 1.165) is 24.2 Å². The van der Waals surface area contributed by atoms with Gasteiger partial charge in [0.1, 0.15) is 13.1 Å². The van der Waals surface area contributed by atoms with Crippen molar-refractivity contribution in [2.75, 3.05) is 26.2 Å². The van der Waals surface area contributed by atoms with E-state index in [2.05, 4.69) is 0 Å². The molecule has 0 aromatic heterocycles. The van der Waals surface area contributed by atoms with Crippen LogP contribution in [0.25, 0.3) is 0 Å². The maximum absolute atomic E-state index is 12.4. The molecule has 1 heterocycles. The molecule has 1 atom stereocenters. The number of likely N-dealkylation sites (tertiary alicyclic amines) is 1. The lowest BCUT2D eigenvalue weighted by molar-refractivity contribution is -0.138. The molecule has 0 radical (unpaired) electrons. The van der Waals surface area contributed by atoms with Crippen LogP contribution in [-0.2, 0) is 9.59 Å². The normalized spacial score (nSPS) is 18.6. The Morgan fingerprint density at radius 1 is 1.25 bits per heavy atom. The van der Waals surface area contributed by atoms with E-state index in [1.54, 1.807) is 0 Å². The van der Waals surface area contributed by atoms with Crippen molar-refractivity contribution in [3.63, 3.8) is 0 Å². The molecular formula is C12H21N3O5. The summed E-state index contributed by atoms with van der Waals surface area (Å²) in [7, 11) is 0. The first-order chi connectivity index (χ1) is 9.45. The molecule has 0 aromatic carbocycles. The minimum Gasteiger partial charge on any atom is -0.480 e.